The van der Waals surface area contributed by atoms with Gasteiger partial charge in [-0.05, 0) is 65.6 Å². The van der Waals surface area contributed by atoms with E-state index < -0.39 is 0 Å². The van der Waals surface area contributed by atoms with Crippen LogP contribution in [0.1, 0.15) is 29.3 Å². The van der Waals surface area contributed by atoms with Crippen LogP contribution in [0.25, 0.3) is 11.1 Å². The maximum atomic E-state index is 13.1. The molecule has 3 aromatic rings. The quantitative estimate of drug-likeness (QED) is 0.518. The van der Waals surface area contributed by atoms with Gasteiger partial charge >= 0.3 is 0 Å². The van der Waals surface area contributed by atoms with Crippen molar-refractivity contribution in [2.75, 3.05) is 42.5 Å². The fourth-order valence-electron chi connectivity index (χ4n) is 4.86. The summed E-state index contributed by atoms with van der Waals surface area (Å²) >= 11 is 6.13. The van der Waals surface area contributed by atoms with Crippen molar-refractivity contribution in [3.8, 4) is 11.1 Å². The van der Waals surface area contributed by atoms with Crippen molar-refractivity contribution in [2.24, 2.45) is 0 Å². The van der Waals surface area contributed by atoms with Crippen LogP contribution in [0.5, 0.6) is 0 Å². The van der Waals surface area contributed by atoms with E-state index in [0.29, 0.717) is 25.1 Å². The zero-order valence-electron chi connectivity index (χ0n) is 19.3. The summed E-state index contributed by atoms with van der Waals surface area (Å²) in [5, 5.41) is 0.728. The van der Waals surface area contributed by atoms with Gasteiger partial charge in [-0.3, -0.25) is 9.59 Å². The Morgan fingerprint density at radius 1 is 0.853 bits per heavy atom. The summed E-state index contributed by atoms with van der Waals surface area (Å²) in [4.78, 5) is 31.3. The van der Waals surface area contributed by atoms with E-state index in [1.807, 2.05) is 65.3 Å². The van der Waals surface area contributed by atoms with E-state index in [2.05, 4.69) is 23.1 Å². The van der Waals surface area contributed by atoms with E-state index in [-0.39, 0.29) is 11.8 Å². The van der Waals surface area contributed by atoms with Crippen LogP contribution in [-0.4, -0.2) is 49.4 Å². The van der Waals surface area contributed by atoms with Gasteiger partial charge in [-0.1, -0.05) is 42.8 Å². The van der Waals surface area contributed by atoms with Crippen molar-refractivity contribution in [3.05, 3.63) is 82.9 Å². The van der Waals surface area contributed by atoms with Gasteiger partial charge < -0.3 is 14.7 Å². The number of fused-ring (bicyclic) bond motifs is 1. The molecule has 1 saturated heterocycles. The molecule has 6 heteroatoms. The van der Waals surface area contributed by atoms with E-state index >= 15 is 0 Å². The van der Waals surface area contributed by atoms with E-state index in [0.717, 1.165) is 53.6 Å². The third-order valence-electron chi connectivity index (χ3n) is 6.78. The number of benzene rings is 3. The van der Waals surface area contributed by atoms with Crippen LogP contribution in [0.2, 0.25) is 5.02 Å². The fraction of sp³-hybridized carbons (Fsp3) is 0.286. The molecule has 0 atom stereocenters. The number of hydrogen-bond acceptors (Lipinski definition) is 3. The predicted molar refractivity (Wildman–Crippen MR) is 138 cm³/mol. The van der Waals surface area contributed by atoms with E-state index in [4.69, 9.17) is 11.6 Å². The summed E-state index contributed by atoms with van der Waals surface area (Å²) in [7, 11) is 0. The van der Waals surface area contributed by atoms with Crippen LogP contribution in [0.15, 0.2) is 66.7 Å². The lowest BCUT2D eigenvalue weighted by molar-refractivity contribution is -0.118. The van der Waals surface area contributed by atoms with Crippen LogP contribution in [0, 0.1) is 0 Å². The zero-order chi connectivity index (χ0) is 23.7. The molecule has 0 spiro atoms. The van der Waals surface area contributed by atoms with Crippen molar-refractivity contribution in [3.63, 3.8) is 0 Å². The molecule has 0 saturated carbocycles. The Kier molecular flexibility index (Phi) is 6.29. The SMILES string of the molecule is CCC(=O)N1CCc2cc(-c3ccc(C(=O)N4CCN(c5cccc(Cl)c5)CC4)cc3)ccc21. The molecular formula is C28H28ClN3O2. The first-order valence-corrected chi connectivity index (χ1v) is 12.2. The molecule has 2 aliphatic heterocycles. The highest BCUT2D eigenvalue weighted by atomic mass is 35.5. The Morgan fingerprint density at radius 2 is 1.59 bits per heavy atom. The summed E-state index contributed by atoms with van der Waals surface area (Å²) in [6, 6.07) is 22.0. The molecule has 0 radical (unpaired) electrons. The largest absolute Gasteiger partial charge is 0.368 e. The number of hydrogen-bond donors (Lipinski definition) is 0. The number of rotatable bonds is 4. The molecule has 0 unspecified atom stereocenters. The molecule has 0 aliphatic carbocycles. The second-order valence-electron chi connectivity index (χ2n) is 8.83. The lowest BCUT2D eigenvalue weighted by Crippen LogP contribution is -2.48. The zero-order valence-corrected chi connectivity index (χ0v) is 20.1. The molecule has 2 aliphatic rings. The highest BCUT2D eigenvalue weighted by Crippen LogP contribution is 2.33. The Bertz CT molecular complexity index is 1220. The molecule has 1 fully saturated rings. The van der Waals surface area contributed by atoms with Gasteiger partial charge in [-0.25, -0.2) is 0 Å². The smallest absolute Gasteiger partial charge is 0.253 e. The van der Waals surface area contributed by atoms with Gasteiger partial charge in [0, 0.05) is 61.1 Å². The normalized spacial score (nSPS) is 15.4. The third kappa shape index (κ3) is 4.40. The first-order valence-electron chi connectivity index (χ1n) is 11.9. The standard InChI is InChI=1S/C28H28ClN3O2/c1-2-27(33)32-13-12-23-18-22(10-11-26(23)32)20-6-8-21(9-7-20)28(34)31-16-14-30(15-17-31)25-5-3-4-24(29)19-25/h3-11,18-19H,2,12-17H2,1H3. The number of halogens is 1. The molecule has 2 heterocycles. The Labute approximate surface area is 205 Å². The van der Waals surface area contributed by atoms with Gasteiger partial charge in [0.1, 0.15) is 0 Å². The van der Waals surface area contributed by atoms with Crippen molar-refractivity contribution in [1.29, 1.82) is 0 Å². The molecule has 0 aromatic heterocycles. The highest BCUT2D eigenvalue weighted by molar-refractivity contribution is 6.30. The molecule has 2 amide bonds. The number of anilines is 2. The predicted octanol–water partition coefficient (Wildman–Crippen LogP) is 5.27. The van der Waals surface area contributed by atoms with Gasteiger partial charge in [-0.2, -0.15) is 0 Å². The molecule has 34 heavy (non-hydrogen) atoms. The number of nitrogens with zero attached hydrogens (tertiary/aromatic N) is 3. The average Bonchev–Trinajstić information content (AvgIpc) is 3.31. The van der Waals surface area contributed by atoms with Crippen molar-refractivity contribution in [2.45, 2.75) is 19.8 Å². The molecule has 174 valence electrons. The summed E-state index contributed by atoms with van der Waals surface area (Å²) in [5.74, 6) is 0.239. The maximum Gasteiger partial charge on any atom is 0.253 e. The number of piperazine rings is 1. The van der Waals surface area contributed by atoms with Crippen LogP contribution < -0.4 is 9.80 Å². The summed E-state index contributed by atoms with van der Waals surface area (Å²) in [5.41, 5.74) is 6.22. The van der Waals surface area contributed by atoms with Gasteiger partial charge in [0.25, 0.3) is 5.91 Å². The number of carbonyl (C=O) groups is 2. The first kappa shape index (κ1) is 22.5. The number of carbonyl (C=O) groups excluding carboxylic acids is 2. The van der Waals surface area contributed by atoms with Crippen LogP contribution in [0.3, 0.4) is 0 Å². The second-order valence-corrected chi connectivity index (χ2v) is 9.27. The third-order valence-corrected chi connectivity index (χ3v) is 7.02. The second kappa shape index (κ2) is 9.51. The first-order chi connectivity index (χ1) is 16.5. The van der Waals surface area contributed by atoms with E-state index in [1.54, 1.807) is 0 Å². The van der Waals surface area contributed by atoms with Gasteiger partial charge in [0.05, 0.1) is 0 Å². The Hall–Kier alpha value is -3.31. The minimum atomic E-state index is 0.0694. The van der Waals surface area contributed by atoms with Crippen molar-refractivity contribution in [1.82, 2.24) is 4.90 Å². The highest BCUT2D eigenvalue weighted by Gasteiger charge is 2.24. The topological polar surface area (TPSA) is 43.9 Å². The molecular weight excluding hydrogens is 446 g/mol. The molecule has 0 N–H and O–H groups in total. The van der Waals surface area contributed by atoms with Crippen LogP contribution in [0.4, 0.5) is 11.4 Å². The number of amides is 2. The lowest BCUT2D eigenvalue weighted by Gasteiger charge is -2.36. The monoisotopic (exact) mass is 473 g/mol. The molecule has 5 nitrogen and oxygen atoms in total. The minimum Gasteiger partial charge on any atom is -0.368 e. The lowest BCUT2D eigenvalue weighted by atomic mass is 10.00. The van der Waals surface area contributed by atoms with Gasteiger partial charge in [0.15, 0.2) is 0 Å². The van der Waals surface area contributed by atoms with Crippen LogP contribution in [-0.2, 0) is 11.2 Å². The fourth-order valence-corrected chi connectivity index (χ4v) is 5.04. The van der Waals surface area contributed by atoms with Crippen molar-refractivity contribution < 1.29 is 9.59 Å². The van der Waals surface area contributed by atoms with E-state index in [1.165, 1.54) is 5.56 Å². The van der Waals surface area contributed by atoms with Crippen LogP contribution >= 0.6 is 11.6 Å². The molecule has 5 rings (SSSR count). The average molecular weight is 474 g/mol. The molecule has 3 aromatic carbocycles. The van der Waals surface area contributed by atoms with E-state index in [9.17, 15) is 9.59 Å². The summed E-state index contributed by atoms with van der Waals surface area (Å²) < 4.78 is 0. The summed E-state index contributed by atoms with van der Waals surface area (Å²) in [6.45, 7) is 5.60. The minimum absolute atomic E-state index is 0.0694. The van der Waals surface area contributed by atoms with Crippen molar-refractivity contribution >= 4 is 34.8 Å². The van der Waals surface area contributed by atoms with Gasteiger partial charge in [-0.15, -0.1) is 0 Å². The maximum absolute atomic E-state index is 13.1. The Morgan fingerprint density at radius 3 is 2.29 bits per heavy atom. The summed E-state index contributed by atoms with van der Waals surface area (Å²) in [6.07, 6.45) is 1.40. The van der Waals surface area contributed by atoms with Gasteiger partial charge in [0.2, 0.25) is 5.91 Å². The Balaban J connectivity index is 1.24. The molecule has 0 bridgehead atoms.